The van der Waals surface area contributed by atoms with Gasteiger partial charge in [0.1, 0.15) is 0 Å². The van der Waals surface area contributed by atoms with Crippen LogP contribution in [0.15, 0.2) is 60.7 Å². The summed E-state index contributed by atoms with van der Waals surface area (Å²) in [6.07, 6.45) is 0. The Hall–Kier alpha value is -2.42. The van der Waals surface area contributed by atoms with Crippen LogP contribution in [-0.4, -0.2) is 37.6 Å². The van der Waals surface area contributed by atoms with E-state index in [4.69, 9.17) is 22.9 Å². The maximum atomic E-state index is 8.74. The second kappa shape index (κ2) is 8.28. The molecule has 0 amide bonds. The highest BCUT2D eigenvalue weighted by Crippen LogP contribution is 2.16. The van der Waals surface area contributed by atoms with E-state index in [-0.39, 0.29) is 0 Å². The van der Waals surface area contributed by atoms with E-state index in [0.717, 1.165) is 11.4 Å². The van der Waals surface area contributed by atoms with Gasteiger partial charge in [0, 0.05) is 25.5 Å². The normalized spacial score (nSPS) is 10.3. The van der Waals surface area contributed by atoms with Gasteiger partial charge in [-0.25, -0.2) is 0 Å². The number of hydrogen-bond donors (Lipinski definition) is 3. The molecule has 124 valence electrons. The number of benzene rings is 2. The van der Waals surface area contributed by atoms with Crippen LogP contribution >= 0.6 is 0 Å². The summed E-state index contributed by atoms with van der Waals surface area (Å²) < 4.78 is 31.6. The summed E-state index contributed by atoms with van der Waals surface area (Å²) in [4.78, 5) is 3.71. The molecule has 0 heterocycles. The van der Waals surface area contributed by atoms with Gasteiger partial charge in [0.25, 0.3) is 0 Å². The minimum Gasteiger partial charge on any atom is -0.316 e. The molecule has 8 heteroatoms. The fraction of sp³-hybridized carbons (Fsp3) is 0.133. The van der Waals surface area contributed by atoms with Crippen molar-refractivity contribution in [1.82, 2.24) is 0 Å². The molecule has 0 radical (unpaired) electrons. The number of anilines is 2. The Morgan fingerprint density at radius 1 is 0.826 bits per heavy atom. The van der Waals surface area contributed by atoms with Crippen LogP contribution in [0.4, 0.5) is 11.4 Å². The lowest BCUT2D eigenvalue weighted by Gasteiger charge is -2.28. The minimum absolute atomic E-state index is 0.437. The van der Waals surface area contributed by atoms with Crippen molar-refractivity contribution in [2.24, 2.45) is 0 Å². The molecule has 0 unspecified atom stereocenters. The molecule has 2 rings (SSSR count). The van der Waals surface area contributed by atoms with E-state index in [2.05, 4.69) is 0 Å². The lowest BCUT2D eigenvalue weighted by Crippen LogP contribution is -2.39. The first-order chi connectivity index (χ1) is 10.7. The summed E-state index contributed by atoms with van der Waals surface area (Å²) in [5.74, 6) is 0.437. The number of nitrogens with zero attached hydrogens (tertiary/aromatic N) is 2. The van der Waals surface area contributed by atoms with Crippen LogP contribution in [0.5, 0.6) is 0 Å². The van der Waals surface area contributed by atoms with Crippen LogP contribution in [-0.2, 0) is 10.4 Å². The maximum Gasteiger partial charge on any atom is 0.394 e. The van der Waals surface area contributed by atoms with Crippen LogP contribution in [0, 0.1) is 5.41 Å². The van der Waals surface area contributed by atoms with Gasteiger partial charge in [-0.3, -0.25) is 14.5 Å². The molecule has 0 aromatic heterocycles. The van der Waals surface area contributed by atoms with Crippen LogP contribution < -0.4 is 9.80 Å². The van der Waals surface area contributed by atoms with Crippen molar-refractivity contribution >= 4 is 27.7 Å². The third kappa shape index (κ3) is 6.92. The highest BCUT2D eigenvalue weighted by Gasteiger charge is 2.12. The van der Waals surface area contributed by atoms with Gasteiger partial charge in [-0.1, -0.05) is 36.4 Å². The molecule has 2 aromatic carbocycles. The Morgan fingerprint density at radius 3 is 1.35 bits per heavy atom. The van der Waals surface area contributed by atoms with E-state index in [1.807, 2.05) is 84.6 Å². The van der Waals surface area contributed by atoms with E-state index >= 15 is 0 Å². The van der Waals surface area contributed by atoms with Gasteiger partial charge in [-0.15, -0.1) is 0 Å². The Morgan fingerprint density at radius 2 is 1.09 bits per heavy atom. The lowest BCUT2D eigenvalue weighted by atomic mass is 10.3. The van der Waals surface area contributed by atoms with E-state index in [9.17, 15) is 0 Å². The molecule has 0 saturated carbocycles. The number of guanidine groups is 1. The van der Waals surface area contributed by atoms with Gasteiger partial charge in [-0.05, 0) is 24.3 Å². The standard InChI is InChI=1S/C15H17N3.H2O4S/c1-17(13-9-5-3-6-10-13)15(16)18(2)14-11-7-4-8-12-14;1-5(2,3)4/h3-12,16H,1-2H3;(H2,1,2,3,4). The van der Waals surface area contributed by atoms with Gasteiger partial charge in [0.2, 0.25) is 5.96 Å². The third-order valence-corrected chi connectivity index (χ3v) is 2.92. The molecule has 0 spiro atoms. The molecular formula is C15H19N3O4S. The Labute approximate surface area is 135 Å². The number of hydrogen-bond acceptors (Lipinski definition) is 3. The molecule has 7 nitrogen and oxygen atoms in total. The van der Waals surface area contributed by atoms with Crippen molar-refractivity contribution in [3.05, 3.63) is 60.7 Å². The second-order valence-corrected chi connectivity index (χ2v) is 5.46. The zero-order valence-electron chi connectivity index (χ0n) is 12.8. The first kappa shape index (κ1) is 18.6. The first-order valence-corrected chi connectivity index (χ1v) is 7.96. The van der Waals surface area contributed by atoms with Crippen LogP contribution in [0.1, 0.15) is 0 Å². The Kier molecular flexibility index (Phi) is 6.70. The van der Waals surface area contributed by atoms with Gasteiger partial charge < -0.3 is 9.80 Å². The van der Waals surface area contributed by atoms with Gasteiger partial charge >= 0.3 is 10.4 Å². The quantitative estimate of drug-likeness (QED) is 0.442. The highest BCUT2D eigenvalue weighted by atomic mass is 32.3. The van der Waals surface area contributed by atoms with Gasteiger partial charge in [-0.2, -0.15) is 8.42 Å². The number of rotatable bonds is 2. The average molecular weight is 337 g/mol. The zero-order chi connectivity index (χ0) is 17.5. The van der Waals surface area contributed by atoms with Crippen molar-refractivity contribution in [2.75, 3.05) is 23.9 Å². The minimum atomic E-state index is -4.67. The molecule has 23 heavy (non-hydrogen) atoms. The molecule has 3 N–H and O–H groups in total. The van der Waals surface area contributed by atoms with Crippen LogP contribution in [0.25, 0.3) is 0 Å². The van der Waals surface area contributed by atoms with E-state index in [1.54, 1.807) is 0 Å². The Balaban J connectivity index is 0.000000463. The third-order valence-electron chi connectivity index (χ3n) is 2.92. The fourth-order valence-corrected chi connectivity index (χ4v) is 1.77. The summed E-state index contributed by atoms with van der Waals surface area (Å²) in [5, 5.41) is 8.23. The predicted octanol–water partition coefficient (Wildman–Crippen LogP) is 2.54. The topological polar surface area (TPSA) is 105 Å². The van der Waals surface area contributed by atoms with Crippen molar-refractivity contribution < 1.29 is 17.5 Å². The average Bonchev–Trinajstić information content (AvgIpc) is 2.53. The Bertz CT molecular complexity index is 665. The van der Waals surface area contributed by atoms with Gasteiger partial charge in [0.15, 0.2) is 0 Å². The van der Waals surface area contributed by atoms with Crippen molar-refractivity contribution in [3.8, 4) is 0 Å². The molecule has 0 fully saturated rings. The molecule has 0 aliphatic heterocycles. The number of para-hydroxylation sites is 2. The molecular weight excluding hydrogens is 318 g/mol. The van der Waals surface area contributed by atoms with Crippen LogP contribution in [0.3, 0.4) is 0 Å². The largest absolute Gasteiger partial charge is 0.394 e. The number of nitrogens with one attached hydrogen (secondary N) is 1. The molecule has 2 aromatic rings. The highest BCUT2D eigenvalue weighted by molar-refractivity contribution is 7.79. The SMILES string of the molecule is CN(C(=N)N(C)c1ccccc1)c1ccccc1.O=S(=O)(O)O. The molecule has 0 atom stereocenters. The summed E-state index contributed by atoms with van der Waals surface area (Å²) in [7, 11) is -0.867. The monoisotopic (exact) mass is 337 g/mol. The zero-order valence-corrected chi connectivity index (χ0v) is 13.6. The summed E-state index contributed by atoms with van der Waals surface area (Å²) in [6, 6.07) is 19.8. The molecule has 0 aliphatic carbocycles. The maximum absolute atomic E-state index is 8.74. The van der Waals surface area contributed by atoms with Crippen molar-refractivity contribution in [1.29, 1.82) is 5.41 Å². The second-order valence-electron chi connectivity index (χ2n) is 4.56. The summed E-state index contributed by atoms with van der Waals surface area (Å²) in [6.45, 7) is 0. The predicted molar refractivity (Wildman–Crippen MR) is 91.6 cm³/mol. The fourth-order valence-electron chi connectivity index (χ4n) is 1.77. The molecule has 0 aliphatic rings. The smallest absolute Gasteiger partial charge is 0.316 e. The summed E-state index contributed by atoms with van der Waals surface area (Å²) in [5.41, 5.74) is 2.01. The van der Waals surface area contributed by atoms with Crippen LogP contribution in [0.2, 0.25) is 0 Å². The summed E-state index contributed by atoms with van der Waals surface area (Å²) >= 11 is 0. The van der Waals surface area contributed by atoms with Gasteiger partial charge in [0.05, 0.1) is 0 Å². The lowest BCUT2D eigenvalue weighted by molar-refractivity contribution is 0.381. The molecule has 0 bridgehead atoms. The van der Waals surface area contributed by atoms with Crippen molar-refractivity contribution in [2.45, 2.75) is 0 Å². The van der Waals surface area contributed by atoms with E-state index < -0.39 is 10.4 Å². The molecule has 0 saturated heterocycles. The first-order valence-electron chi connectivity index (χ1n) is 6.56. The van der Waals surface area contributed by atoms with E-state index in [1.165, 1.54) is 0 Å². The van der Waals surface area contributed by atoms with E-state index in [0.29, 0.717) is 5.96 Å². The van der Waals surface area contributed by atoms with Crippen molar-refractivity contribution in [3.63, 3.8) is 0 Å².